The minimum Gasteiger partial charge on any atom is -0.444 e. The van der Waals surface area contributed by atoms with Gasteiger partial charge in [-0.1, -0.05) is 63.3 Å². The predicted molar refractivity (Wildman–Crippen MR) is 117 cm³/mol. The van der Waals surface area contributed by atoms with Gasteiger partial charge in [0.25, 0.3) is 0 Å². The van der Waals surface area contributed by atoms with E-state index in [1.165, 1.54) is 0 Å². The van der Waals surface area contributed by atoms with Gasteiger partial charge in [-0.25, -0.2) is 4.79 Å². The fourth-order valence-corrected chi connectivity index (χ4v) is 3.16. The monoisotopic (exact) mass is 407 g/mol. The maximum Gasteiger partial charge on any atom is 0.408 e. The topological polar surface area (TPSA) is 67.8 Å². The van der Waals surface area contributed by atoms with Crippen molar-refractivity contribution in [1.29, 1.82) is 0 Å². The number of alkyl carbamates (subject to hydrolysis) is 1. The molecule has 1 aromatic rings. The molecule has 0 aromatic heterocycles. The summed E-state index contributed by atoms with van der Waals surface area (Å²) in [6, 6.07) is 9.17. The lowest BCUT2D eigenvalue weighted by Crippen LogP contribution is -2.42. The highest BCUT2D eigenvalue weighted by molar-refractivity contribution is 6.74. The second-order valence-electron chi connectivity index (χ2n) is 9.56. The molecule has 0 spiro atoms. The molecule has 0 unspecified atom stereocenters. The van der Waals surface area contributed by atoms with E-state index >= 15 is 0 Å². The minimum absolute atomic E-state index is 0.0846. The van der Waals surface area contributed by atoms with E-state index in [2.05, 4.69) is 39.2 Å². The van der Waals surface area contributed by atoms with Crippen molar-refractivity contribution >= 4 is 14.4 Å². The van der Waals surface area contributed by atoms with Gasteiger partial charge in [0.2, 0.25) is 0 Å². The van der Waals surface area contributed by atoms with Crippen LogP contribution < -0.4 is 5.32 Å². The third-order valence-electron chi connectivity index (χ3n) is 4.78. The summed E-state index contributed by atoms with van der Waals surface area (Å²) >= 11 is 0. The quantitative estimate of drug-likeness (QED) is 0.482. The van der Waals surface area contributed by atoms with Gasteiger partial charge in [0.1, 0.15) is 5.60 Å². The summed E-state index contributed by atoms with van der Waals surface area (Å²) in [4.78, 5) is 12.2. The first-order valence-corrected chi connectivity index (χ1v) is 12.7. The van der Waals surface area contributed by atoms with E-state index in [1.54, 1.807) is 12.2 Å². The number of benzene rings is 1. The largest absolute Gasteiger partial charge is 0.444 e. The van der Waals surface area contributed by atoms with Crippen molar-refractivity contribution in [3.05, 3.63) is 48.0 Å². The summed E-state index contributed by atoms with van der Waals surface area (Å²) < 4.78 is 11.4. The Labute approximate surface area is 171 Å². The van der Waals surface area contributed by atoms with Crippen LogP contribution in [-0.4, -0.2) is 37.8 Å². The van der Waals surface area contributed by atoms with Crippen LogP contribution >= 0.6 is 0 Å². The first-order valence-electron chi connectivity index (χ1n) is 9.76. The highest BCUT2D eigenvalue weighted by Crippen LogP contribution is 2.36. The average Bonchev–Trinajstić information content (AvgIpc) is 2.55. The summed E-state index contributed by atoms with van der Waals surface area (Å²) in [6.45, 7) is 16.5. The van der Waals surface area contributed by atoms with Gasteiger partial charge in [-0.05, 0) is 44.5 Å². The average molecular weight is 408 g/mol. The third kappa shape index (κ3) is 8.58. The molecule has 1 amide bonds. The molecule has 1 aromatic carbocycles. The summed E-state index contributed by atoms with van der Waals surface area (Å²) in [7, 11) is -1.92. The van der Waals surface area contributed by atoms with Gasteiger partial charge in [-0.15, -0.1) is 0 Å². The molecule has 0 bridgehead atoms. The number of hydrogen-bond acceptors (Lipinski definition) is 4. The van der Waals surface area contributed by atoms with Crippen molar-refractivity contribution in [2.24, 2.45) is 0 Å². The third-order valence-corrected chi connectivity index (χ3v) is 9.28. The van der Waals surface area contributed by atoms with Crippen LogP contribution in [0, 0.1) is 0 Å². The number of carbonyl (C=O) groups excluding carboxylic acids is 1. The van der Waals surface area contributed by atoms with E-state index in [0.717, 1.165) is 5.56 Å². The summed E-state index contributed by atoms with van der Waals surface area (Å²) in [5, 5.41) is 13.3. The molecule has 0 aliphatic carbocycles. The van der Waals surface area contributed by atoms with Gasteiger partial charge in [0.05, 0.1) is 18.8 Å². The van der Waals surface area contributed by atoms with E-state index in [9.17, 15) is 9.90 Å². The summed E-state index contributed by atoms with van der Waals surface area (Å²) in [6.07, 6.45) is 2.19. The Morgan fingerprint density at radius 1 is 1.11 bits per heavy atom. The van der Waals surface area contributed by atoms with Crippen molar-refractivity contribution in [2.45, 2.75) is 77.4 Å². The number of aliphatic hydroxyl groups excluding tert-OH is 1. The first-order chi connectivity index (χ1) is 12.7. The van der Waals surface area contributed by atoms with Crippen LogP contribution in [0.4, 0.5) is 4.79 Å². The second kappa shape index (κ2) is 9.72. The number of nitrogens with one attached hydrogen (secondary N) is 1. The van der Waals surface area contributed by atoms with Crippen LogP contribution in [-0.2, 0) is 9.16 Å². The SMILES string of the molecule is CC(C)(C)OC(=O)N[C@@H](/C=C\[C@@H](O)CO[Si](C)(C)C(C)(C)C)c1ccccc1. The van der Waals surface area contributed by atoms with E-state index in [-0.39, 0.29) is 11.6 Å². The summed E-state index contributed by atoms with van der Waals surface area (Å²) in [5.41, 5.74) is 0.327. The molecule has 6 heteroatoms. The highest BCUT2D eigenvalue weighted by atomic mass is 28.4. The maximum atomic E-state index is 12.2. The van der Waals surface area contributed by atoms with E-state index in [1.807, 2.05) is 51.1 Å². The predicted octanol–water partition coefficient (Wildman–Crippen LogP) is 5.19. The lowest BCUT2D eigenvalue weighted by Gasteiger charge is -2.36. The molecule has 0 aliphatic heterocycles. The fraction of sp³-hybridized carbons (Fsp3) is 0.591. The zero-order valence-corrected chi connectivity index (χ0v) is 19.6. The molecule has 0 aliphatic rings. The van der Waals surface area contributed by atoms with E-state index in [0.29, 0.717) is 0 Å². The van der Waals surface area contributed by atoms with Gasteiger partial charge in [-0.3, -0.25) is 0 Å². The Morgan fingerprint density at radius 3 is 2.18 bits per heavy atom. The first kappa shape index (κ1) is 24.4. The number of rotatable bonds is 7. The fourth-order valence-electron chi connectivity index (χ4n) is 2.14. The number of carbonyl (C=O) groups is 1. The molecule has 2 N–H and O–H groups in total. The molecule has 5 nitrogen and oxygen atoms in total. The van der Waals surface area contributed by atoms with Crippen LogP contribution in [0.3, 0.4) is 0 Å². The van der Waals surface area contributed by atoms with E-state index < -0.39 is 32.2 Å². The minimum atomic E-state index is -1.92. The van der Waals surface area contributed by atoms with Crippen molar-refractivity contribution in [3.8, 4) is 0 Å². The number of ether oxygens (including phenoxy) is 1. The van der Waals surface area contributed by atoms with Gasteiger partial charge in [0.15, 0.2) is 8.32 Å². The number of aliphatic hydroxyl groups is 1. The Kier molecular flexibility index (Phi) is 8.47. The van der Waals surface area contributed by atoms with Gasteiger partial charge in [0, 0.05) is 0 Å². The Balaban J connectivity index is 2.81. The molecular weight excluding hydrogens is 370 g/mol. The molecule has 2 atom stereocenters. The zero-order chi connectivity index (χ0) is 21.6. The molecule has 0 radical (unpaired) electrons. The van der Waals surface area contributed by atoms with Crippen LogP contribution in [0.25, 0.3) is 0 Å². The van der Waals surface area contributed by atoms with Gasteiger partial charge in [-0.2, -0.15) is 0 Å². The molecule has 0 saturated carbocycles. The zero-order valence-electron chi connectivity index (χ0n) is 18.6. The molecule has 28 heavy (non-hydrogen) atoms. The highest BCUT2D eigenvalue weighted by Gasteiger charge is 2.37. The van der Waals surface area contributed by atoms with Crippen LogP contribution in [0.1, 0.15) is 53.1 Å². The maximum absolute atomic E-state index is 12.2. The van der Waals surface area contributed by atoms with Crippen molar-refractivity contribution < 1.29 is 19.1 Å². The van der Waals surface area contributed by atoms with Crippen LogP contribution in [0.15, 0.2) is 42.5 Å². The molecule has 0 heterocycles. The Hall–Kier alpha value is -1.63. The standard InChI is InChI=1S/C22H37NO4Si/c1-21(2,3)27-20(25)23-19(17-12-10-9-11-13-17)15-14-18(24)16-26-28(7,8)22(4,5)6/h9-15,18-19,24H,16H2,1-8H3,(H,23,25)/b15-14-/t18-,19+/m1/s1. The number of amides is 1. The van der Waals surface area contributed by atoms with Crippen LogP contribution in [0.2, 0.25) is 18.1 Å². The molecular formula is C22H37NO4Si. The molecule has 0 fully saturated rings. The Bertz CT molecular complexity index is 645. The molecule has 1 rings (SSSR count). The van der Waals surface area contributed by atoms with Crippen LogP contribution in [0.5, 0.6) is 0 Å². The van der Waals surface area contributed by atoms with Crippen molar-refractivity contribution in [3.63, 3.8) is 0 Å². The lowest BCUT2D eigenvalue weighted by atomic mass is 10.1. The second-order valence-corrected chi connectivity index (χ2v) is 14.4. The van der Waals surface area contributed by atoms with Crippen molar-refractivity contribution in [1.82, 2.24) is 5.32 Å². The Morgan fingerprint density at radius 2 is 1.68 bits per heavy atom. The van der Waals surface area contributed by atoms with E-state index in [4.69, 9.17) is 9.16 Å². The van der Waals surface area contributed by atoms with Crippen molar-refractivity contribution in [2.75, 3.05) is 6.61 Å². The van der Waals surface area contributed by atoms with Gasteiger partial charge >= 0.3 is 6.09 Å². The lowest BCUT2D eigenvalue weighted by molar-refractivity contribution is 0.0513. The normalized spacial score (nSPS) is 15.3. The summed E-state index contributed by atoms with van der Waals surface area (Å²) in [5.74, 6) is 0. The molecule has 158 valence electrons. The molecule has 0 saturated heterocycles. The smallest absolute Gasteiger partial charge is 0.408 e. The van der Waals surface area contributed by atoms with Gasteiger partial charge < -0.3 is 19.6 Å². The number of hydrogen-bond donors (Lipinski definition) is 2.